The van der Waals surface area contributed by atoms with E-state index in [0.717, 1.165) is 36.1 Å². The molecule has 1 aliphatic heterocycles. The minimum Gasteiger partial charge on any atom is -0.370 e. The van der Waals surface area contributed by atoms with Gasteiger partial charge in [0, 0.05) is 29.7 Å². The maximum absolute atomic E-state index is 12.4. The van der Waals surface area contributed by atoms with Gasteiger partial charge in [-0.15, -0.1) is 11.3 Å². The van der Waals surface area contributed by atoms with E-state index in [4.69, 9.17) is 11.6 Å². The SMILES string of the molecule is Cc1cc(=O)n(-c2ccc(N3CCC(Cc4cccs4)CC3)c(Cl)c2)c(C)n1. The zero-order chi connectivity index (χ0) is 19.7. The van der Waals surface area contributed by atoms with E-state index >= 15 is 0 Å². The minimum absolute atomic E-state index is 0.0804. The fraction of sp³-hybridized carbons (Fsp3) is 0.364. The van der Waals surface area contributed by atoms with Crippen molar-refractivity contribution in [3.8, 4) is 5.69 Å². The third-order valence-electron chi connectivity index (χ3n) is 5.43. The Labute approximate surface area is 174 Å². The van der Waals surface area contributed by atoms with Gasteiger partial charge in [-0.2, -0.15) is 0 Å². The summed E-state index contributed by atoms with van der Waals surface area (Å²) in [6.45, 7) is 5.70. The molecular weight excluding hydrogens is 390 g/mol. The van der Waals surface area contributed by atoms with Crippen molar-refractivity contribution >= 4 is 28.6 Å². The van der Waals surface area contributed by atoms with Gasteiger partial charge < -0.3 is 4.90 Å². The molecule has 0 atom stereocenters. The molecule has 1 fully saturated rings. The van der Waals surface area contributed by atoms with Gasteiger partial charge in [-0.25, -0.2) is 4.98 Å². The van der Waals surface area contributed by atoms with Crippen LogP contribution in [0.25, 0.3) is 5.69 Å². The Kier molecular flexibility index (Phi) is 5.56. The lowest BCUT2D eigenvalue weighted by Crippen LogP contribution is -2.34. The van der Waals surface area contributed by atoms with E-state index in [9.17, 15) is 4.79 Å². The molecule has 3 aromatic rings. The van der Waals surface area contributed by atoms with Crippen LogP contribution < -0.4 is 10.5 Å². The van der Waals surface area contributed by atoms with Gasteiger partial charge in [0.05, 0.1) is 16.4 Å². The lowest BCUT2D eigenvalue weighted by molar-refractivity contribution is 0.406. The summed E-state index contributed by atoms with van der Waals surface area (Å²) in [6.07, 6.45) is 3.54. The summed E-state index contributed by atoms with van der Waals surface area (Å²) in [6, 6.07) is 11.8. The second-order valence-corrected chi connectivity index (χ2v) is 8.91. The highest BCUT2D eigenvalue weighted by molar-refractivity contribution is 7.09. The molecule has 0 bridgehead atoms. The van der Waals surface area contributed by atoms with Crippen LogP contribution in [-0.4, -0.2) is 22.6 Å². The van der Waals surface area contributed by atoms with Gasteiger partial charge in [0.15, 0.2) is 0 Å². The Hall–Kier alpha value is -2.11. The number of hydrogen-bond donors (Lipinski definition) is 0. The van der Waals surface area contributed by atoms with Crippen molar-refractivity contribution in [1.82, 2.24) is 9.55 Å². The van der Waals surface area contributed by atoms with E-state index < -0.39 is 0 Å². The summed E-state index contributed by atoms with van der Waals surface area (Å²) in [5.41, 5.74) is 2.46. The quantitative estimate of drug-likeness (QED) is 0.602. The number of thiophene rings is 1. The van der Waals surface area contributed by atoms with Crippen LogP contribution in [0.3, 0.4) is 0 Å². The first-order valence-corrected chi connectivity index (χ1v) is 10.9. The Morgan fingerprint density at radius 1 is 1.18 bits per heavy atom. The van der Waals surface area contributed by atoms with E-state index in [-0.39, 0.29) is 5.56 Å². The van der Waals surface area contributed by atoms with Crippen LogP contribution in [0.5, 0.6) is 0 Å². The van der Waals surface area contributed by atoms with Crippen molar-refractivity contribution in [3.63, 3.8) is 0 Å². The number of rotatable bonds is 4. The molecule has 3 heterocycles. The Morgan fingerprint density at radius 2 is 1.96 bits per heavy atom. The number of aryl methyl sites for hydroxylation is 2. The van der Waals surface area contributed by atoms with Gasteiger partial charge in [-0.05, 0) is 68.7 Å². The Balaban J connectivity index is 1.49. The summed E-state index contributed by atoms with van der Waals surface area (Å²) in [7, 11) is 0. The number of hydrogen-bond acceptors (Lipinski definition) is 4. The number of aromatic nitrogens is 2. The first-order valence-electron chi connectivity index (χ1n) is 9.66. The van der Waals surface area contributed by atoms with Crippen LogP contribution in [0.1, 0.15) is 29.2 Å². The molecule has 0 N–H and O–H groups in total. The van der Waals surface area contributed by atoms with Gasteiger partial charge >= 0.3 is 0 Å². The number of anilines is 1. The van der Waals surface area contributed by atoms with Crippen LogP contribution in [0.2, 0.25) is 5.02 Å². The first-order chi connectivity index (χ1) is 13.5. The minimum atomic E-state index is -0.0804. The average molecular weight is 414 g/mol. The van der Waals surface area contributed by atoms with E-state index in [1.807, 2.05) is 43.4 Å². The molecule has 28 heavy (non-hydrogen) atoms. The molecule has 0 spiro atoms. The fourth-order valence-corrected chi connectivity index (χ4v) is 5.15. The summed E-state index contributed by atoms with van der Waals surface area (Å²) >= 11 is 8.48. The molecule has 0 unspecified atom stereocenters. The van der Waals surface area contributed by atoms with Crippen LogP contribution in [-0.2, 0) is 6.42 Å². The van der Waals surface area contributed by atoms with Gasteiger partial charge in [0.2, 0.25) is 0 Å². The van der Waals surface area contributed by atoms with E-state index in [2.05, 4.69) is 27.4 Å². The summed E-state index contributed by atoms with van der Waals surface area (Å²) in [4.78, 5) is 20.6. The van der Waals surface area contributed by atoms with Crippen molar-refractivity contribution in [2.45, 2.75) is 33.1 Å². The van der Waals surface area contributed by atoms with Crippen molar-refractivity contribution in [3.05, 3.63) is 73.6 Å². The maximum Gasteiger partial charge on any atom is 0.258 e. The third kappa shape index (κ3) is 4.01. The maximum atomic E-state index is 12.4. The van der Waals surface area contributed by atoms with Crippen molar-refractivity contribution < 1.29 is 0 Å². The predicted molar refractivity (Wildman–Crippen MR) is 117 cm³/mol. The normalized spacial score (nSPS) is 15.2. The molecular formula is C22H24ClN3OS. The molecule has 2 aromatic heterocycles. The van der Waals surface area contributed by atoms with Crippen LogP contribution in [0.15, 0.2) is 46.6 Å². The van der Waals surface area contributed by atoms with Crippen molar-refractivity contribution in [1.29, 1.82) is 0 Å². The standard InChI is InChI=1S/C22H24ClN3OS/c1-15-12-22(27)26(16(2)24-15)18-5-6-21(20(23)14-18)25-9-7-17(8-10-25)13-19-4-3-11-28-19/h3-6,11-12,14,17H,7-10,13H2,1-2H3. The summed E-state index contributed by atoms with van der Waals surface area (Å²) in [5, 5.41) is 2.84. The lowest BCUT2D eigenvalue weighted by Gasteiger charge is -2.34. The first kappa shape index (κ1) is 19.2. The highest BCUT2D eigenvalue weighted by Crippen LogP contribution is 2.32. The topological polar surface area (TPSA) is 38.1 Å². The van der Waals surface area contributed by atoms with Gasteiger partial charge in [-0.1, -0.05) is 17.7 Å². The number of nitrogens with zero attached hydrogens (tertiary/aromatic N) is 3. The fourth-order valence-electron chi connectivity index (χ4n) is 4.04. The van der Waals surface area contributed by atoms with E-state index in [0.29, 0.717) is 10.8 Å². The molecule has 1 aliphatic rings. The molecule has 0 radical (unpaired) electrons. The predicted octanol–water partition coefficient (Wildman–Crippen LogP) is 5.02. The number of piperidine rings is 1. The van der Waals surface area contributed by atoms with Crippen molar-refractivity contribution in [2.24, 2.45) is 5.92 Å². The van der Waals surface area contributed by atoms with Gasteiger partial charge in [-0.3, -0.25) is 9.36 Å². The monoisotopic (exact) mass is 413 g/mol. The van der Waals surface area contributed by atoms with Crippen LogP contribution in [0.4, 0.5) is 5.69 Å². The van der Waals surface area contributed by atoms with Gasteiger partial charge in [0.25, 0.3) is 5.56 Å². The zero-order valence-corrected chi connectivity index (χ0v) is 17.8. The molecule has 1 saturated heterocycles. The smallest absolute Gasteiger partial charge is 0.258 e. The Morgan fingerprint density at radius 3 is 2.61 bits per heavy atom. The third-order valence-corrected chi connectivity index (χ3v) is 6.63. The molecule has 0 aliphatic carbocycles. The second-order valence-electron chi connectivity index (χ2n) is 7.47. The van der Waals surface area contributed by atoms with E-state index in [1.54, 1.807) is 10.6 Å². The molecule has 0 amide bonds. The largest absolute Gasteiger partial charge is 0.370 e. The van der Waals surface area contributed by atoms with E-state index in [1.165, 1.54) is 24.1 Å². The Bertz CT molecular complexity index is 1020. The zero-order valence-electron chi connectivity index (χ0n) is 16.2. The lowest BCUT2D eigenvalue weighted by atomic mass is 9.92. The molecule has 4 nitrogen and oxygen atoms in total. The highest BCUT2D eigenvalue weighted by Gasteiger charge is 2.22. The average Bonchev–Trinajstić information content (AvgIpc) is 3.15. The number of halogens is 1. The molecule has 1 aromatic carbocycles. The second kappa shape index (κ2) is 8.10. The molecule has 146 valence electrons. The molecule has 0 saturated carbocycles. The van der Waals surface area contributed by atoms with Crippen LogP contribution >= 0.6 is 22.9 Å². The number of benzene rings is 1. The molecule has 6 heteroatoms. The van der Waals surface area contributed by atoms with Crippen molar-refractivity contribution in [2.75, 3.05) is 18.0 Å². The summed E-state index contributed by atoms with van der Waals surface area (Å²) < 4.78 is 1.61. The van der Waals surface area contributed by atoms with Gasteiger partial charge in [0.1, 0.15) is 5.82 Å². The summed E-state index contributed by atoms with van der Waals surface area (Å²) in [5.74, 6) is 1.41. The highest BCUT2D eigenvalue weighted by atomic mass is 35.5. The molecule has 4 rings (SSSR count). The van der Waals surface area contributed by atoms with Crippen LogP contribution in [0, 0.1) is 19.8 Å².